The summed E-state index contributed by atoms with van der Waals surface area (Å²) in [7, 11) is 0. The minimum absolute atomic E-state index is 0.0203. The zero-order chi connectivity index (χ0) is 27.8. The molecule has 2 saturated heterocycles. The first-order chi connectivity index (χ1) is 19.4. The normalized spacial score (nSPS) is 26.0. The highest BCUT2D eigenvalue weighted by Gasteiger charge is 2.50. The lowest BCUT2D eigenvalue weighted by molar-refractivity contribution is -0.310. The highest BCUT2D eigenvalue weighted by atomic mass is 35.5. The third kappa shape index (κ3) is 5.22. The lowest BCUT2D eigenvalue weighted by Gasteiger charge is -2.47. The summed E-state index contributed by atoms with van der Waals surface area (Å²) in [6, 6.07) is 17.0. The average molecular weight is 568 g/mol. The molecule has 0 spiro atoms. The molecule has 3 heterocycles. The lowest BCUT2D eigenvalue weighted by atomic mass is 9.91. The summed E-state index contributed by atoms with van der Waals surface area (Å²) in [4.78, 5) is 0. The smallest absolute Gasteiger partial charge is 0.194 e. The highest BCUT2D eigenvalue weighted by molar-refractivity contribution is 6.30. The number of hydrogen-bond acceptors (Lipinski definition) is 6. The molecule has 2 aliphatic rings. The van der Waals surface area contributed by atoms with Crippen LogP contribution >= 0.6 is 11.6 Å². The Morgan fingerprint density at radius 1 is 0.975 bits per heavy atom. The van der Waals surface area contributed by atoms with E-state index in [4.69, 9.17) is 25.8 Å². The van der Waals surface area contributed by atoms with Gasteiger partial charge in [-0.15, -0.1) is 5.10 Å². The first-order valence-corrected chi connectivity index (χ1v) is 12.7. The van der Waals surface area contributed by atoms with Crippen LogP contribution in [0, 0.1) is 29.3 Å². The van der Waals surface area contributed by atoms with Crippen molar-refractivity contribution < 1.29 is 32.5 Å². The molecule has 7 nitrogen and oxygen atoms in total. The van der Waals surface area contributed by atoms with Crippen molar-refractivity contribution in [3.63, 3.8) is 0 Å². The van der Waals surface area contributed by atoms with Crippen LogP contribution < -0.4 is 0 Å². The van der Waals surface area contributed by atoms with Gasteiger partial charge in [0.2, 0.25) is 0 Å². The van der Waals surface area contributed by atoms with Crippen molar-refractivity contribution in [3.05, 3.63) is 107 Å². The van der Waals surface area contributed by atoms with E-state index in [2.05, 4.69) is 22.2 Å². The van der Waals surface area contributed by atoms with Crippen LogP contribution in [0.1, 0.15) is 23.5 Å². The fourth-order valence-corrected chi connectivity index (χ4v) is 4.99. The van der Waals surface area contributed by atoms with Crippen molar-refractivity contribution in [3.8, 4) is 23.1 Å². The maximum Gasteiger partial charge on any atom is 0.194 e. The molecule has 0 aliphatic carbocycles. The molecule has 1 N–H and O–H groups in total. The van der Waals surface area contributed by atoms with Crippen molar-refractivity contribution in [2.75, 3.05) is 6.61 Å². The van der Waals surface area contributed by atoms with Crippen molar-refractivity contribution in [1.29, 1.82) is 0 Å². The Hall–Kier alpha value is -3.72. The molecule has 204 valence electrons. The molecular weight excluding hydrogens is 547 g/mol. The molecule has 0 amide bonds. The number of ether oxygens (including phenoxy) is 3. The van der Waals surface area contributed by atoms with Gasteiger partial charge in [-0.2, -0.15) is 0 Å². The standard InChI is InChI=1S/C29H21ClF3N3O4/c30-19-8-4-5-16(11-19)9-10-23-27(37)26(28-24(39-23)15-38-29(40-28)17-6-2-1-3-7-17)36-14-22(34-35-36)18-12-20(31)25(33)21(32)13-18/h1-8,11-14,23-24,26-29,37H,15H2/t23-,24+,26+,27-,28-,29-/m0/s1. The van der Waals surface area contributed by atoms with Gasteiger partial charge in [-0.05, 0) is 30.3 Å². The molecule has 0 saturated carbocycles. The topological polar surface area (TPSA) is 78.6 Å². The zero-order valence-corrected chi connectivity index (χ0v) is 21.4. The Kier molecular flexibility index (Phi) is 7.31. The largest absolute Gasteiger partial charge is 0.387 e. The van der Waals surface area contributed by atoms with Gasteiger partial charge in [0.1, 0.15) is 36.2 Å². The molecule has 6 rings (SSSR count). The van der Waals surface area contributed by atoms with Crippen molar-refractivity contribution in [2.45, 2.75) is 36.7 Å². The van der Waals surface area contributed by atoms with Gasteiger partial charge in [-0.1, -0.05) is 65.1 Å². The van der Waals surface area contributed by atoms with Gasteiger partial charge in [0, 0.05) is 21.7 Å². The number of fused-ring (bicyclic) bond motifs is 1. The maximum absolute atomic E-state index is 13.9. The van der Waals surface area contributed by atoms with Gasteiger partial charge >= 0.3 is 0 Å². The predicted molar refractivity (Wildman–Crippen MR) is 137 cm³/mol. The first kappa shape index (κ1) is 26.5. The number of hydrogen-bond donors (Lipinski definition) is 1. The van der Waals surface area contributed by atoms with Gasteiger partial charge < -0.3 is 19.3 Å². The summed E-state index contributed by atoms with van der Waals surface area (Å²) in [5.74, 6) is 1.63. The molecule has 3 aromatic carbocycles. The Morgan fingerprint density at radius 2 is 1.75 bits per heavy atom. The van der Waals surface area contributed by atoms with Gasteiger partial charge in [0.25, 0.3) is 0 Å². The molecule has 40 heavy (non-hydrogen) atoms. The van der Waals surface area contributed by atoms with Crippen LogP contribution in [-0.2, 0) is 14.2 Å². The molecule has 2 aliphatic heterocycles. The molecule has 0 bridgehead atoms. The lowest BCUT2D eigenvalue weighted by Crippen LogP contribution is -2.59. The van der Waals surface area contributed by atoms with Gasteiger partial charge in [-0.3, -0.25) is 0 Å². The Balaban J connectivity index is 1.35. The van der Waals surface area contributed by atoms with Gasteiger partial charge in [-0.25, -0.2) is 17.9 Å². The maximum atomic E-state index is 13.9. The summed E-state index contributed by atoms with van der Waals surface area (Å²) >= 11 is 6.07. The first-order valence-electron chi connectivity index (χ1n) is 12.4. The van der Waals surface area contributed by atoms with Crippen molar-refractivity contribution in [1.82, 2.24) is 15.0 Å². The highest BCUT2D eigenvalue weighted by Crippen LogP contribution is 2.39. The number of halogens is 4. The molecule has 6 atom stereocenters. The number of nitrogens with zero attached hydrogens (tertiary/aromatic N) is 3. The molecule has 1 aromatic heterocycles. The van der Waals surface area contributed by atoms with E-state index in [0.29, 0.717) is 10.6 Å². The molecular formula is C29H21ClF3N3O4. The quantitative estimate of drug-likeness (QED) is 0.282. The second-order valence-corrected chi connectivity index (χ2v) is 9.81. The van der Waals surface area contributed by atoms with Crippen LogP contribution in [0.4, 0.5) is 13.2 Å². The van der Waals surface area contributed by atoms with Crippen molar-refractivity contribution in [2.24, 2.45) is 0 Å². The SMILES string of the molecule is O[C@@H]1[C@@H](n2cc(-c3cc(F)c(F)c(F)c3)nn2)[C@H]2O[C@@H](c3ccccc3)OC[C@H]2O[C@H]1C#Cc1cccc(Cl)c1. The van der Waals surface area contributed by atoms with Crippen molar-refractivity contribution >= 4 is 11.6 Å². The van der Waals surface area contributed by atoms with E-state index in [1.165, 1.54) is 10.9 Å². The van der Waals surface area contributed by atoms with Crippen LogP contribution in [0.5, 0.6) is 0 Å². The minimum Gasteiger partial charge on any atom is -0.387 e. The fourth-order valence-electron chi connectivity index (χ4n) is 4.80. The molecule has 0 unspecified atom stereocenters. The van der Waals surface area contributed by atoms with Gasteiger partial charge in [0.15, 0.2) is 23.7 Å². The summed E-state index contributed by atoms with van der Waals surface area (Å²) in [6.07, 6.45) is -2.95. The number of rotatable bonds is 3. The monoisotopic (exact) mass is 567 g/mol. The molecule has 2 fully saturated rings. The zero-order valence-electron chi connectivity index (χ0n) is 20.6. The summed E-state index contributed by atoms with van der Waals surface area (Å²) in [5, 5.41) is 20.1. The summed E-state index contributed by atoms with van der Waals surface area (Å²) in [5.41, 5.74) is 1.45. The van der Waals surface area contributed by atoms with Crippen LogP contribution in [0.3, 0.4) is 0 Å². The van der Waals surface area contributed by atoms with Crippen LogP contribution in [-0.4, -0.2) is 51.1 Å². The van der Waals surface area contributed by atoms with Crippen LogP contribution in [0.15, 0.2) is 72.9 Å². The fraction of sp³-hybridized carbons (Fsp3) is 0.241. The van der Waals surface area contributed by atoms with E-state index in [-0.39, 0.29) is 17.9 Å². The van der Waals surface area contributed by atoms with Crippen LogP contribution in [0.2, 0.25) is 5.02 Å². The van der Waals surface area contributed by atoms with E-state index in [1.807, 2.05) is 30.3 Å². The van der Waals surface area contributed by atoms with E-state index >= 15 is 0 Å². The van der Waals surface area contributed by atoms with Crippen LogP contribution in [0.25, 0.3) is 11.3 Å². The Bertz CT molecular complexity index is 1570. The predicted octanol–water partition coefficient (Wildman–Crippen LogP) is 4.85. The summed E-state index contributed by atoms with van der Waals surface area (Å²) in [6.45, 7) is 0.138. The van der Waals surface area contributed by atoms with E-state index in [0.717, 1.165) is 17.7 Å². The number of aliphatic hydroxyl groups is 1. The molecule has 11 heteroatoms. The number of benzene rings is 3. The Morgan fingerprint density at radius 3 is 2.50 bits per heavy atom. The minimum atomic E-state index is -1.58. The second-order valence-electron chi connectivity index (χ2n) is 9.37. The number of aliphatic hydroxyl groups excluding tert-OH is 1. The van der Waals surface area contributed by atoms with Gasteiger partial charge in [0.05, 0.1) is 12.8 Å². The molecule has 4 aromatic rings. The Labute approximate surface area is 232 Å². The number of aromatic nitrogens is 3. The third-order valence-corrected chi connectivity index (χ3v) is 6.96. The van der Waals surface area contributed by atoms with E-state index in [1.54, 1.807) is 24.3 Å². The average Bonchev–Trinajstić information content (AvgIpc) is 3.45. The van der Waals surface area contributed by atoms with E-state index < -0.39 is 54.2 Å². The van der Waals surface area contributed by atoms with E-state index in [9.17, 15) is 18.3 Å². The molecule has 0 radical (unpaired) electrons. The summed E-state index contributed by atoms with van der Waals surface area (Å²) < 4.78 is 61.0. The third-order valence-electron chi connectivity index (χ3n) is 6.73. The second kappa shape index (κ2) is 11.0.